The third kappa shape index (κ3) is 5.01. The summed E-state index contributed by atoms with van der Waals surface area (Å²) in [4.78, 5) is 2.97. The van der Waals surface area contributed by atoms with Gasteiger partial charge in [-0.25, -0.2) is 0 Å². The number of hydrogen-bond donors (Lipinski definition) is 0. The molecule has 1 aliphatic heterocycles. The van der Waals surface area contributed by atoms with E-state index in [2.05, 4.69) is 36.5 Å². The van der Waals surface area contributed by atoms with Gasteiger partial charge in [-0.2, -0.15) is 0 Å². The van der Waals surface area contributed by atoms with Gasteiger partial charge in [-0.05, 0) is 41.7 Å². The molecule has 0 aromatic carbocycles. The molecule has 0 aromatic heterocycles. The van der Waals surface area contributed by atoms with Crippen LogP contribution in [0.1, 0.15) is 26.7 Å². The molecule has 1 heterocycles. The third-order valence-electron chi connectivity index (χ3n) is 2.94. The highest BCUT2D eigenvalue weighted by Gasteiger charge is 2.20. The van der Waals surface area contributed by atoms with Crippen molar-refractivity contribution in [1.29, 1.82) is 0 Å². The smallest absolute Gasteiger partial charge is 0.0462 e. The second-order valence-electron chi connectivity index (χ2n) is 4.65. The van der Waals surface area contributed by atoms with Crippen LogP contribution in [0.4, 0.5) is 0 Å². The number of azide groups is 1. The van der Waals surface area contributed by atoms with Crippen LogP contribution in [0.25, 0.3) is 10.4 Å². The highest BCUT2D eigenvalue weighted by Crippen LogP contribution is 2.35. The maximum absolute atomic E-state index is 8.65. The minimum Gasteiger partial charge on any atom is -0.120 e. The van der Waals surface area contributed by atoms with Crippen molar-refractivity contribution < 1.29 is 0 Å². The standard InChI is InChI=1S/C13H21N3S2/c1-4-11(13(10(2)3)15-16-14)6-7-12-17-8-5-9-18-12/h4,7,10-11,13H,1,5-6,8-9H2,2-3H3/t11-,13-/m0/s1. The molecule has 1 fully saturated rings. The molecular weight excluding hydrogens is 262 g/mol. The van der Waals surface area contributed by atoms with Crippen molar-refractivity contribution >= 4 is 23.5 Å². The van der Waals surface area contributed by atoms with Gasteiger partial charge in [0.1, 0.15) is 0 Å². The zero-order valence-electron chi connectivity index (χ0n) is 11.1. The van der Waals surface area contributed by atoms with E-state index in [1.165, 1.54) is 22.2 Å². The van der Waals surface area contributed by atoms with Gasteiger partial charge < -0.3 is 0 Å². The molecule has 18 heavy (non-hydrogen) atoms. The second kappa shape index (κ2) is 8.57. The number of nitrogens with zero attached hydrogens (tertiary/aromatic N) is 3. The lowest BCUT2D eigenvalue weighted by Gasteiger charge is -2.23. The van der Waals surface area contributed by atoms with Gasteiger partial charge in [0, 0.05) is 15.2 Å². The Morgan fingerprint density at radius 3 is 2.61 bits per heavy atom. The van der Waals surface area contributed by atoms with Gasteiger partial charge in [0.25, 0.3) is 0 Å². The highest BCUT2D eigenvalue weighted by atomic mass is 32.2. The predicted molar refractivity (Wildman–Crippen MR) is 83.7 cm³/mol. The molecule has 1 saturated heterocycles. The fraction of sp³-hybridized carbons (Fsp3) is 0.692. The molecule has 100 valence electrons. The monoisotopic (exact) mass is 283 g/mol. The Kier molecular flexibility index (Phi) is 7.40. The lowest BCUT2D eigenvalue weighted by molar-refractivity contribution is 0.395. The maximum Gasteiger partial charge on any atom is 0.0462 e. The Labute approximate surface area is 118 Å². The zero-order valence-corrected chi connectivity index (χ0v) is 12.7. The van der Waals surface area contributed by atoms with E-state index in [4.69, 9.17) is 5.53 Å². The van der Waals surface area contributed by atoms with Gasteiger partial charge in [0.15, 0.2) is 0 Å². The van der Waals surface area contributed by atoms with Crippen LogP contribution in [-0.2, 0) is 0 Å². The Morgan fingerprint density at radius 2 is 2.11 bits per heavy atom. The third-order valence-corrected chi connectivity index (χ3v) is 5.54. The van der Waals surface area contributed by atoms with E-state index in [0.717, 1.165) is 6.42 Å². The highest BCUT2D eigenvalue weighted by molar-refractivity contribution is 8.22. The largest absolute Gasteiger partial charge is 0.120 e. The molecule has 1 rings (SSSR count). The van der Waals surface area contributed by atoms with Gasteiger partial charge in [-0.3, -0.25) is 0 Å². The summed E-state index contributed by atoms with van der Waals surface area (Å²) >= 11 is 3.87. The minimum absolute atomic E-state index is 0.00272. The lowest BCUT2D eigenvalue weighted by atomic mass is 9.89. The first-order chi connectivity index (χ1) is 8.69. The second-order valence-corrected chi connectivity index (χ2v) is 7.18. The minimum atomic E-state index is 0.00272. The maximum atomic E-state index is 8.65. The molecule has 3 nitrogen and oxygen atoms in total. The summed E-state index contributed by atoms with van der Waals surface area (Å²) in [5.74, 6) is 3.02. The number of hydrogen-bond acceptors (Lipinski definition) is 3. The van der Waals surface area contributed by atoms with E-state index < -0.39 is 0 Å². The first-order valence-electron chi connectivity index (χ1n) is 6.31. The molecule has 0 aliphatic carbocycles. The summed E-state index contributed by atoms with van der Waals surface area (Å²) in [7, 11) is 0. The lowest BCUT2D eigenvalue weighted by Crippen LogP contribution is -2.21. The van der Waals surface area contributed by atoms with E-state index >= 15 is 0 Å². The van der Waals surface area contributed by atoms with Crippen LogP contribution in [0.5, 0.6) is 0 Å². The van der Waals surface area contributed by atoms with E-state index in [1.54, 1.807) is 0 Å². The van der Waals surface area contributed by atoms with Crippen LogP contribution in [-0.4, -0.2) is 17.5 Å². The fourth-order valence-corrected chi connectivity index (χ4v) is 4.37. The average molecular weight is 283 g/mol. The van der Waals surface area contributed by atoms with Crippen molar-refractivity contribution in [3.8, 4) is 0 Å². The average Bonchev–Trinajstić information content (AvgIpc) is 2.39. The number of rotatable bonds is 6. The van der Waals surface area contributed by atoms with Crippen LogP contribution in [0.2, 0.25) is 0 Å². The zero-order chi connectivity index (χ0) is 13.4. The Bertz CT molecular complexity index is 338. The molecule has 0 N–H and O–H groups in total. The molecule has 2 atom stereocenters. The van der Waals surface area contributed by atoms with Crippen LogP contribution >= 0.6 is 23.5 Å². The van der Waals surface area contributed by atoms with Crippen LogP contribution in [0.15, 0.2) is 28.1 Å². The topological polar surface area (TPSA) is 48.8 Å². The Balaban J connectivity index is 2.64. The summed E-state index contributed by atoms with van der Waals surface area (Å²) in [5.41, 5.74) is 8.65. The quantitative estimate of drug-likeness (QED) is 0.290. The van der Waals surface area contributed by atoms with Gasteiger partial charge in [0.2, 0.25) is 0 Å². The molecule has 0 radical (unpaired) electrons. The van der Waals surface area contributed by atoms with Gasteiger partial charge in [-0.15, -0.1) is 30.1 Å². The van der Waals surface area contributed by atoms with Crippen LogP contribution in [0, 0.1) is 11.8 Å². The number of allylic oxidation sites excluding steroid dienone is 1. The first kappa shape index (κ1) is 15.5. The van der Waals surface area contributed by atoms with E-state index in [9.17, 15) is 0 Å². The molecule has 1 aliphatic rings. The van der Waals surface area contributed by atoms with Gasteiger partial charge in [0.05, 0.1) is 0 Å². The molecule has 0 saturated carbocycles. The van der Waals surface area contributed by atoms with E-state index in [-0.39, 0.29) is 12.0 Å². The van der Waals surface area contributed by atoms with Crippen molar-refractivity contribution in [1.82, 2.24) is 0 Å². The predicted octanol–water partition coefficient (Wildman–Crippen LogP) is 5.23. The molecule has 0 aromatic rings. The summed E-state index contributed by atoms with van der Waals surface area (Å²) in [6.07, 6.45) is 6.42. The van der Waals surface area contributed by atoms with E-state index in [1.807, 2.05) is 29.6 Å². The van der Waals surface area contributed by atoms with Crippen LogP contribution < -0.4 is 0 Å². The van der Waals surface area contributed by atoms with Crippen molar-refractivity contribution in [2.75, 3.05) is 11.5 Å². The molecule has 5 heteroatoms. The number of thioether (sulfide) groups is 2. The van der Waals surface area contributed by atoms with Gasteiger partial charge >= 0.3 is 0 Å². The molecule has 0 bridgehead atoms. The summed E-state index contributed by atoms with van der Waals surface area (Å²) < 4.78 is 1.41. The Morgan fingerprint density at radius 1 is 1.44 bits per heavy atom. The molecule has 0 amide bonds. The van der Waals surface area contributed by atoms with Crippen molar-refractivity contribution in [3.63, 3.8) is 0 Å². The first-order valence-corrected chi connectivity index (χ1v) is 8.28. The normalized spacial score (nSPS) is 18.9. The van der Waals surface area contributed by atoms with Crippen molar-refractivity contribution in [2.45, 2.75) is 32.7 Å². The summed E-state index contributed by atoms with van der Waals surface area (Å²) in [5, 5.41) is 3.93. The van der Waals surface area contributed by atoms with Crippen molar-refractivity contribution in [2.24, 2.45) is 17.0 Å². The van der Waals surface area contributed by atoms with E-state index in [0.29, 0.717) is 5.92 Å². The fourth-order valence-electron chi connectivity index (χ4n) is 1.94. The SMILES string of the molecule is C=C[C@@H](CC=C1SCCCS1)[C@@H](N=[N+]=[N-])C(C)C. The summed E-state index contributed by atoms with van der Waals surface area (Å²) in [6, 6.07) is 0.00272. The van der Waals surface area contributed by atoms with Crippen molar-refractivity contribution in [3.05, 3.63) is 33.4 Å². The molecule has 0 spiro atoms. The molecular formula is C13H21N3S2. The Hall–Kier alpha value is -0.510. The summed E-state index contributed by atoms with van der Waals surface area (Å²) in [6.45, 7) is 8.06. The van der Waals surface area contributed by atoms with Crippen LogP contribution in [0.3, 0.4) is 0 Å². The van der Waals surface area contributed by atoms with Gasteiger partial charge in [-0.1, -0.05) is 31.1 Å². The molecule has 0 unspecified atom stereocenters.